The van der Waals surface area contributed by atoms with Crippen LogP contribution in [0.3, 0.4) is 0 Å². The monoisotopic (exact) mass is 626 g/mol. The van der Waals surface area contributed by atoms with Crippen LogP contribution in [0.2, 0.25) is 0 Å². The molecule has 0 unspecified atom stereocenters. The Hall–Kier alpha value is -3.11. The maximum atomic E-state index is 13.2. The number of halogens is 1. The predicted octanol–water partition coefficient (Wildman–Crippen LogP) is 7.09. The Morgan fingerprint density at radius 2 is 2.00 bits per heavy atom. The fourth-order valence-electron chi connectivity index (χ4n) is 4.36. The number of hydrogen-bond acceptors (Lipinski definition) is 6. The third-order valence-electron chi connectivity index (χ3n) is 6.19. The van der Waals surface area contributed by atoms with E-state index >= 15 is 0 Å². The summed E-state index contributed by atoms with van der Waals surface area (Å²) in [6, 6.07) is 17.6. The van der Waals surface area contributed by atoms with Gasteiger partial charge in [0.2, 0.25) is 0 Å². The van der Waals surface area contributed by atoms with Crippen LogP contribution in [0, 0.1) is 3.57 Å². The van der Waals surface area contributed by atoms with E-state index in [1.807, 2.05) is 54.6 Å². The number of furan rings is 1. The van der Waals surface area contributed by atoms with Crippen LogP contribution in [-0.2, 0) is 26.0 Å². The molecule has 0 atom stereocenters. The highest BCUT2D eigenvalue weighted by Crippen LogP contribution is 2.40. The minimum atomic E-state index is -0.111. The molecule has 0 aliphatic heterocycles. The van der Waals surface area contributed by atoms with E-state index in [2.05, 4.69) is 27.9 Å². The zero-order valence-electron chi connectivity index (χ0n) is 20.5. The van der Waals surface area contributed by atoms with Crippen LogP contribution in [0.5, 0.6) is 11.5 Å². The second-order valence-corrected chi connectivity index (χ2v) is 11.0. The summed E-state index contributed by atoms with van der Waals surface area (Å²) in [5.41, 5.74) is 3.79. The van der Waals surface area contributed by atoms with Gasteiger partial charge in [0, 0.05) is 11.1 Å². The molecular weight excluding hydrogens is 599 g/mol. The molecule has 8 heteroatoms. The van der Waals surface area contributed by atoms with Crippen LogP contribution in [0.15, 0.2) is 70.3 Å². The Kier molecular flexibility index (Phi) is 8.25. The van der Waals surface area contributed by atoms with Crippen molar-refractivity contribution < 1.29 is 18.7 Å². The van der Waals surface area contributed by atoms with E-state index in [4.69, 9.17) is 18.9 Å². The molecule has 0 saturated carbocycles. The minimum Gasteiger partial charge on any atom is -0.493 e. The van der Waals surface area contributed by atoms with Gasteiger partial charge in [-0.3, -0.25) is 4.79 Å². The first-order valence-electron chi connectivity index (χ1n) is 12.2. The summed E-state index contributed by atoms with van der Waals surface area (Å²) < 4.78 is 18.0. The molecule has 0 fully saturated rings. The summed E-state index contributed by atoms with van der Waals surface area (Å²) in [5.74, 6) is 1.96. The van der Waals surface area contributed by atoms with Crippen LogP contribution >= 0.6 is 33.9 Å². The summed E-state index contributed by atoms with van der Waals surface area (Å²) >= 11 is 3.87. The maximum absolute atomic E-state index is 13.2. The largest absolute Gasteiger partial charge is 0.493 e. The van der Waals surface area contributed by atoms with E-state index in [-0.39, 0.29) is 5.91 Å². The van der Waals surface area contributed by atoms with E-state index in [1.54, 1.807) is 30.9 Å². The van der Waals surface area contributed by atoms with E-state index in [0.717, 1.165) is 56.7 Å². The van der Waals surface area contributed by atoms with Crippen molar-refractivity contribution in [1.29, 1.82) is 0 Å². The number of nitrogens with one attached hydrogen (secondary N) is 1. The highest BCUT2D eigenvalue weighted by atomic mass is 127. The Bertz CT molecular complexity index is 1400. The fourth-order valence-corrected chi connectivity index (χ4v) is 6.37. The van der Waals surface area contributed by atoms with Gasteiger partial charge >= 0.3 is 0 Å². The SMILES string of the molecule is COc1cc(C=Nc2sc3c(c2C(=O)NCc2ccco2)CCCC3)cc(I)c1OCc1ccccc1. The zero-order chi connectivity index (χ0) is 25.6. The lowest BCUT2D eigenvalue weighted by Crippen LogP contribution is -2.23. The van der Waals surface area contributed by atoms with Gasteiger partial charge in [-0.15, -0.1) is 11.3 Å². The molecule has 0 radical (unpaired) electrons. The van der Waals surface area contributed by atoms with Gasteiger partial charge in [0.05, 0.1) is 29.1 Å². The number of rotatable bonds is 9. The third kappa shape index (κ3) is 6.07. The van der Waals surface area contributed by atoms with Gasteiger partial charge in [-0.25, -0.2) is 4.99 Å². The standard InChI is InChI=1S/C29H27IN2O4S/c1-34-24-15-20(14-23(30)27(24)36-18-19-8-3-2-4-9-19)16-32-29-26(22-11-5-6-12-25(22)37-29)28(33)31-17-21-10-7-13-35-21/h2-4,7-10,13-16H,5-6,11-12,17-18H2,1H3,(H,31,33). The van der Waals surface area contributed by atoms with Crippen molar-refractivity contribution in [2.75, 3.05) is 7.11 Å². The smallest absolute Gasteiger partial charge is 0.255 e. The van der Waals surface area contributed by atoms with Gasteiger partial charge < -0.3 is 19.2 Å². The average Bonchev–Trinajstić information content (AvgIpc) is 3.58. The van der Waals surface area contributed by atoms with Gasteiger partial charge in [0.1, 0.15) is 17.4 Å². The minimum absolute atomic E-state index is 0.111. The fraction of sp³-hybridized carbons (Fsp3) is 0.241. The summed E-state index contributed by atoms with van der Waals surface area (Å²) in [5, 5.41) is 3.74. The van der Waals surface area contributed by atoms with Crippen molar-refractivity contribution in [3.63, 3.8) is 0 Å². The highest BCUT2D eigenvalue weighted by Gasteiger charge is 2.25. The molecule has 2 heterocycles. The molecule has 37 heavy (non-hydrogen) atoms. The van der Waals surface area contributed by atoms with Crippen molar-refractivity contribution in [3.05, 3.63) is 97.3 Å². The number of benzene rings is 2. The number of aliphatic imine (C=N–C) groups is 1. The molecule has 1 N–H and O–H groups in total. The molecule has 5 rings (SSSR count). The number of fused-ring (bicyclic) bond motifs is 1. The molecule has 4 aromatic rings. The molecule has 2 aromatic heterocycles. The van der Waals surface area contributed by atoms with Crippen molar-refractivity contribution in [2.45, 2.75) is 38.8 Å². The molecular formula is C29H27IN2O4S. The highest BCUT2D eigenvalue weighted by molar-refractivity contribution is 14.1. The van der Waals surface area contributed by atoms with Gasteiger partial charge in [-0.1, -0.05) is 30.3 Å². The second-order valence-electron chi connectivity index (χ2n) is 8.72. The molecule has 0 saturated heterocycles. The number of nitrogens with zero attached hydrogens (tertiary/aromatic N) is 1. The van der Waals surface area contributed by atoms with Gasteiger partial charge in [-0.05, 0) is 89.2 Å². The quantitative estimate of drug-likeness (QED) is 0.159. The summed E-state index contributed by atoms with van der Waals surface area (Å²) in [6.07, 6.45) is 7.54. The van der Waals surface area contributed by atoms with Crippen LogP contribution in [-0.4, -0.2) is 19.2 Å². The van der Waals surface area contributed by atoms with Crippen LogP contribution in [0.25, 0.3) is 0 Å². The molecule has 2 aromatic carbocycles. The van der Waals surface area contributed by atoms with E-state index in [0.29, 0.717) is 30.2 Å². The van der Waals surface area contributed by atoms with Gasteiger partial charge in [0.15, 0.2) is 11.5 Å². The number of amides is 1. The van der Waals surface area contributed by atoms with Gasteiger partial charge in [-0.2, -0.15) is 0 Å². The lowest BCUT2D eigenvalue weighted by Gasteiger charge is -2.13. The topological polar surface area (TPSA) is 73.1 Å². The van der Waals surface area contributed by atoms with E-state index in [9.17, 15) is 4.79 Å². The Balaban J connectivity index is 1.38. The van der Waals surface area contributed by atoms with Crippen LogP contribution in [0.4, 0.5) is 5.00 Å². The van der Waals surface area contributed by atoms with E-state index < -0.39 is 0 Å². The summed E-state index contributed by atoms with van der Waals surface area (Å²) in [6.45, 7) is 0.803. The third-order valence-corrected chi connectivity index (χ3v) is 8.19. The number of hydrogen-bond donors (Lipinski definition) is 1. The Morgan fingerprint density at radius 1 is 1.16 bits per heavy atom. The molecule has 190 valence electrons. The first-order chi connectivity index (χ1) is 18.1. The van der Waals surface area contributed by atoms with Crippen molar-refractivity contribution in [1.82, 2.24) is 5.32 Å². The lowest BCUT2D eigenvalue weighted by molar-refractivity contribution is 0.0948. The Labute approximate surface area is 233 Å². The van der Waals surface area contributed by atoms with E-state index in [1.165, 1.54) is 4.88 Å². The predicted molar refractivity (Wildman–Crippen MR) is 155 cm³/mol. The number of ether oxygens (including phenoxy) is 2. The van der Waals surface area contributed by atoms with Crippen LogP contribution in [0.1, 0.15) is 50.5 Å². The number of thiophene rings is 1. The number of carbonyl (C=O) groups excluding carboxylic acids is 1. The Morgan fingerprint density at radius 3 is 2.78 bits per heavy atom. The first kappa shape index (κ1) is 25.5. The molecule has 1 aliphatic carbocycles. The molecule has 1 aliphatic rings. The molecule has 0 bridgehead atoms. The molecule has 0 spiro atoms. The van der Waals surface area contributed by atoms with Crippen molar-refractivity contribution in [2.24, 2.45) is 4.99 Å². The van der Waals surface area contributed by atoms with Crippen LogP contribution < -0.4 is 14.8 Å². The normalized spacial score (nSPS) is 12.9. The van der Waals surface area contributed by atoms with Gasteiger partial charge in [0.25, 0.3) is 5.91 Å². The number of aryl methyl sites for hydroxylation is 1. The summed E-state index contributed by atoms with van der Waals surface area (Å²) in [4.78, 5) is 19.3. The zero-order valence-corrected chi connectivity index (χ0v) is 23.4. The second kappa shape index (κ2) is 12.0. The van der Waals surface area contributed by atoms with Crippen molar-refractivity contribution in [3.8, 4) is 11.5 Å². The first-order valence-corrected chi connectivity index (χ1v) is 14.1. The summed E-state index contributed by atoms with van der Waals surface area (Å²) in [7, 11) is 1.64. The van der Waals surface area contributed by atoms with Crippen molar-refractivity contribution >= 4 is 51.1 Å². The molecule has 6 nitrogen and oxygen atoms in total. The lowest BCUT2D eigenvalue weighted by atomic mass is 9.95. The number of carbonyl (C=O) groups is 1. The maximum Gasteiger partial charge on any atom is 0.255 e. The number of methoxy groups -OCH3 is 1. The average molecular weight is 627 g/mol. The molecule has 1 amide bonds.